The quantitative estimate of drug-likeness (QED) is 0.769. The second kappa shape index (κ2) is 5.57. The van der Waals surface area contributed by atoms with E-state index in [2.05, 4.69) is 6.92 Å². The van der Waals surface area contributed by atoms with Crippen molar-refractivity contribution in [3.8, 4) is 0 Å². The van der Waals surface area contributed by atoms with E-state index in [4.69, 9.17) is 10.5 Å². The number of nitrogens with zero attached hydrogens (tertiary/aromatic N) is 1. The molecule has 0 aromatic rings. The fourth-order valence-electron chi connectivity index (χ4n) is 3.29. The summed E-state index contributed by atoms with van der Waals surface area (Å²) < 4.78 is 5.68. The zero-order valence-corrected chi connectivity index (χ0v) is 11.8. The lowest BCUT2D eigenvalue weighted by atomic mass is 9.77. The van der Waals surface area contributed by atoms with Gasteiger partial charge in [-0.2, -0.15) is 0 Å². The van der Waals surface area contributed by atoms with E-state index in [1.165, 1.54) is 0 Å². The molecule has 2 N–H and O–H groups in total. The van der Waals surface area contributed by atoms with Gasteiger partial charge in [0.25, 0.3) is 0 Å². The number of morpholine rings is 1. The van der Waals surface area contributed by atoms with Crippen LogP contribution in [0.25, 0.3) is 0 Å². The molecule has 2 aliphatic rings. The summed E-state index contributed by atoms with van der Waals surface area (Å²) in [6.45, 7) is 7.70. The van der Waals surface area contributed by atoms with E-state index >= 15 is 0 Å². The Balaban J connectivity index is 2.01. The van der Waals surface area contributed by atoms with Gasteiger partial charge in [0.2, 0.25) is 5.91 Å². The van der Waals surface area contributed by atoms with Crippen molar-refractivity contribution in [2.24, 2.45) is 17.6 Å². The van der Waals surface area contributed by atoms with E-state index in [1.807, 2.05) is 18.7 Å². The van der Waals surface area contributed by atoms with Gasteiger partial charge in [0.05, 0.1) is 12.2 Å². The first-order chi connectivity index (χ1) is 8.47. The molecule has 1 aliphatic carbocycles. The lowest BCUT2D eigenvalue weighted by Crippen LogP contribution is -2.52. The van der Waals surface area contributed by atoms with Gasteiger partial charge in [-0.1, -0.05) is 6.92 Å². The maximum atomic E-state index is 12.6. The first-order valence-corrected chi connectivity index (χ1v) is 7.17. The fraction of sp³-hybridized carbons (Fsp3) is 0.929. The highest BCUT2D eigenvalue weighted by atomic mass is 16.5. The van der Waals surface area contributed by atoms with Gasteiger partial charge in [-0.25, -0.2) is 0 Å². The van der Waals surface area contributed by atoms with Crippen molar-refractivity contribution in [1.82, 2.24) is 4.90 Å². The first kappa shape index (κ1) is 13.8. The predicted octanol–water partition coefficient (Wildman–Crippen LogP) is 1.39. The Morgan fingerprint density at radius 1 is 1.17 bits per heavy atom. The van der Waals surface area contributed by atoms with Crippen LogP contribution >= 0.6 is 0 Å². The summed E-state index contributed by atoms with van der Waals surface area (Å²) in [5, 5.41) is 0. The van der Waals surface area contributed by atoms with Crippen LogP contribution in [0.15, 0.2) is 0 Å². The van der Waals surface area contributed by atoms with E-state index in [1.54, 1.807) is 0 Å². The molecule has 1 saturated heterocycles. The summed E-state index contributed by atoms with van der Waals surface area (Å²) in [4.78, 5) is 14.6. The zero-order chi connectivity index (χ0) is 13.3. The number of carbonyl (C=O) groups excluding carboxylic acids is 1. The standard InChI is InChI=1S/C14H26N2O2/c1-9-4-5-12(15)6-13(9)14(17)16-7-10(2)18-11(3)8-16/h9-13H,4-8,15H2,1-3H3. The minimum Gasteiger partial charge on any atom is -0.372 e. The molecule has 5 atom stereocenters. The topological polar surface area (TPSA) is 55.6 Å². The highest BCUT2D eigenvalue weighted by Gasteiger charge is 2.36. The molecule has 0 bridgehead atoms. The molecule has 5 unspecified atom stereocenters. The van der Waals surface area contributed by atoms with Crippen molar-refractivity contribution in [3.63, 3.8) is 0 Å². The van der Waals surface area contributed by atoms with Crippen molar-refractivity contribution < 1.29 is 9.53 Å². The van der Waals surface area contributed by atoms with E-state index in [0.717, 1.165) is 32.4 Å². The number of carbonyl (C=O) groups is 1. The average molecular weight is 254 g/mol. The molecule has 1 heterocycles. The van der Waals surface area contributed by atoms with Gasteiger partial charge < -0.3 is 15.4 Å². The maximum absolute atomic E-state index is 12.6. The summed E-state index contributed by atoms with van der Waals surface area (Å²) in [6, 6.07) is 0.200. The molecule has 104 valence electrons. The van der Waals surface area contributed by atoms with E-state index in [-0.39, 0.29) is 24.2 Å². The molecule has 4 heteroatoms. The zero-order valence-electron chi connectivity index (χ0n) is 11.8. The predicted molar refractivity (Wildman–Crippen MR) is 71.1 cm³/mol. The Labute approximate surface area is 110 Å². The van der Waals surface area contributed by atoms with Crippen molar-refractivity contribution in [2.45, 2.75) is 58.3 Å². The Bertz CT molecular complexity index is 298. The molecule has 18 heavy (non-hydrogen) atoms. The summed E-state index contributed by atoms with van der Waals surface area (Å²) in [7, 11) is 0. The van der Waals surface area contributed by atoms with Gasteiger partial charge >= 0.3 is 0 Å². The summed E-state index contributed by atoms with van der Waals surface area (Å²) in [6.07, 6.45) is 3.27. The summed E-state index contributed by atoms with van der Waals surface area (Å²) in [5.41, 5.74) is 6.01. The molecule has 2 rings (SSSR count). The third kappa shape index (κ3) is 3.04. The molecule has 1 aliphatic heterocycles. The van der Waals surface area contributed by atoms with Crippen LogP contribution in [0, 0.1) is 11.8 Å². The molecule has 2 fully saturated rings. The van der Waals surface area contributed by atoms with Gasteiger partial charge in [-0.15, -0.1) is 0 Å². The lowest BCUT2D eigenvalue weighted by molar-refractivity contribution is -0.150. The minimum absolute atomic E-state index is 0.117. The molecule has 1 saturated carbocycles. The third-order valence-corrected chi connectivity index (χ3v) is 4.28. The van der Waals surface area contributed by atoms with Gasteiger partial charge in [0, 0.05) is 25.0 Å². The van der Waals surface area contributed by atoms with Crippen LogP contribution in [0.4, 0.5) is 0 Å². The lowest BCUT2D eigenvalue weighted by Gasteiger charge is -2.40. The van der Waals surface area contributed by atoms with Crippen molar-refractivity contribution in [2.75, 3.05) is 13.1 Å². The van der Waals surface area contributed by atoms with Crippen molar-refractivity contribution >= 4 is 5.91 Å². The molecule has 0 aromatic carbocycles. The van der Waals surface area contributed by atoms with Crippen molar-refractivity contribution in [1.29, 1.82) is 0 Å². The number of nitrogens with two attached hydrogens (primary N) is 1. The van der Waals surface area contributed by atoms with Crippen LogP contribution < -0.4 is 5.73 Å². The van der Waals surface area contributed by atoms with Gasteiger partial charge in [0.15, 0.2) is 0 Å². The Hall–Kier alpha value is -0.610. The molecular formula is C14H26N2O2. The third-order valence-electron chi connectivity index (χ3n) is 4.28. The smallest absolute Gasteiger partial charge is 0.226 e. The molecule has 0 spiro atoms. The maximum Gasteiger partial charge on any atom is 0.226 e. The number of hydrogen-bond acceptors (Lipinski definition) is 3. The molecule has 0 aromatic heterocycles. The molecule has 1 amide bonds. The van der Waals surface area contributed by atoms with Gasteiger partial charge in [0.1, 0.15) is 0 Å². The Kier molecular flexibility index (Phi) is 4.28. The van der Waals surface area contributed by atoms with Crippen LogP contribution in [0.5, 0.6) is 0 Å². The normalized spacial score (nSPS) is 41.8. The molecule has 0 radical (unpaired) electrons. The molecule has 4 nitrogen and oxygen atoms in total. The van der Waals surface area contributed by atoms with E-state index < -0.39 is 0 Å². The minimum atomic E-state index is 0.117. The first-order valence-electron chi connectivity index (χ1n) is 7.17. The average Bonchev–Trinajstić information content (AvgIpc) is 2.30. The monoisotopic (exact) mass is 254 g/mol. The number of amides is 1. The summed E-state index contributed by atoms with van der Waals surface area (Å²) in [5.74, 6) is 0.872. The Morgan fingerprint density at radius 3 is 2.39 bits per heavy atom. The van der Waals surface area contributed by atoms with Crippen molar-refractivity contribution in [3.05, 3.63) is 0 Å². The van der Waals surface area contributed by atoms with Crippen LogP contribution in [0.2, 0.25) is 0 Å². The van der Waals surface area contributed by atoms with Gasteiger partial charge in [-0.05, 0) is 39.0 Å². The van der Waals surface area contributed by atoms with Crippen LogP contribution in [0.1, 0.15) is 40.0 Å². The fourth-order valence-corrected chi connectivity index (χ4v) is 3.29. The van der Waals surface area contributed by atoms with E-state index in [0.29, 0.717) is 11.8 Å². The SMILES string of the molecule is CC1CN(C(=O)C2CC(N)CCC2C)CC(C)O1. The highest BCUT2D eigenvalue weighted by Crippen LogP contribution is 2.31. The second-order valence-corrected chi connectivity index (χ2v) is 6.16. The van der Waals surface area contributed by atoms with E-state index in [9.17, 15) is 4.79 Å². The van der Waals surface area contributed by atoms with Crippen LogP contribution in [0.3, 0.4) is 0 Å². The molecular weight excluding hydrogens is 228 g/mol. The van der Waals surface area contributed by atoms with Crippen LogP contribution in [-0.2, 0) is 9.53 Å². The second-order valence-electron chi connectivity index (χ2n) is 6.16. The number of ether oxygens (including phenoxy) is 1. The number of rotatable bonds is 1. The summed E-state index contributed by atoms with van der Waals surface area (Å²) >= 11 is 0. The Morgan fingerprint density at radius 2 is 1.78 bits per heavy atom. The highest BCUT2D eigenvalue weighted by molar-refractivity contribution is 5.79. The largest absolute Gasteiger partial charge is 0.372 e. The number of hydrogen-bond donors (Lipinski definition) is 1. The van der Waals surface area contributed by atoms with Gasteiger partial charge in [-0.3, -0.25) is 4.79 Å². The van der Waals surface area contributed by atoms with Crippen LogP contribution in [-0.4, -0.2) is 42.1 Å².